The van der Waals surface area contributed by atoms with Gasteiger partial charge in [0, 0.05) is 24.1 Å². The molecule has 0 heterocycles. The summed E-state index contributed by atoms with van der Waals surface area (Å²) in [7, 11) is 4.23. The summed E-state index contributed by atoms with van der Waals surface area (Å²) in [4.78, 5) is 21.3. The summed E-state index contributed by atoms with van der Waals surface area (Å²) >= 11 is 0. The van der Waals surface area contributed by atoms with Gasteiger partial charge in [0.1, 0.15) is 0 Å². The average molecular weight is 418 g/mol. The first-order valence-corrected chi connectivity index (χ1v) is 10.4. The second kappa shape index (κ2) is 9.31. The highest BCUT2D eigenvalue weighted by Gasteiger charge is 2.69. The maximum atomic E-state index is 9.55. The number of benzene rings is 1. The number of hydrogen-bond acceptors (Lipinski definition) is 4. The van der Waals surface area contributed by atoms with Gasteiger partial charge in [-0.05, 0) is 50.3 Å². The predicted octanol–water partition coefficient (Wildman–Crippen LogP) is 4.02. The van der Waals surface area contributed by atoms with Crippen molar-refractivity contribution >= 4 is 11.9 Å². The van der Waals surface area contributed by atoms with Gasteiger partial charge in [0.25, 0.3) is 0 Å². The van der Waals surface area contributed by atoms with Crippen LogP contribution in [0.5, 0.6) is 0 Å². The zero-order valence-electron chi connectivity index (χ0n) is 18.7. The highest BCUT2D eigenvalue weighted by molar-refractivity contribution is 5.89. The lowest BCUT2D eigenvalue weighted by atomic mass is 9.62. The molecule has 2 bridgehead atoms. The van der Waals surface area contributed by atoms with E-state index in [0.717, 1.165) is 19.1 Å². The third kappa shape index (κ3) is 4.60. The summed E-state index contributed by atoms with van der Waals surface area (Å²) < 4.78 is 6.72. The van der Waals surface area contributed by atoms with Gasteiger partial charge in [0.05, 0.1) is 12.2 Å². The Morgan fingerprint density at radius 2 is 1.67 bits per heavy atom. The zero-order chi connectivity index (χ0) is 22.6. The molecule has 2 fully saturated rings. The minimum Gasteiger partial charge on any atom is -0.478 e. The highest BCUT2D eigenvalue weighted by atomic mass is 16.5. The summed E-state index contributed by atoms with van der Waals surface area (Å²) in [5, 5.41) is 15.6. The molecule has 0 radical (unpaired) electrons. The van der Waals surface area contributed by atoms with Gasteiger partial charge in [-0.3, -0.25) is 0 Å². The van der Waals surface area contributed by atoms with Crippen molar-refractivity contribution in [1.82, 2.24) is 4.90 Å². The molecule has 3 atom stereocenters. The second-order valence-electron chi connectivity index (χ2n) is 9.35. The standard InChI is InChI=1S/C20H31NO.C4H4O4/c1-18(2)17-11-12-19(18,3)20(15-17,22-14-13-21(4)5)16-9-7-6-8-10-16;5-3(6)1-2-4(7)8/h6-10,17H,11-15H2,1-5H3;1-2H,(H,5,6)(H,7,8)/t17-,19-,20+;/m1./s1. The van der Waals surface area contributed by atoms with E-state index in [9.17, 15) is 9.59 Å². The predicted molar refractivity (Wildman–Crippen MR) is 116 cm³/mol. The molecule has 3 rings (SSSR count). The van der Waals surface area contributed by atoms with Crippen LogP contribution in [-0.2, 0) is 19.9 Å². The van der Waals surface area contributed by atoms with E-state index in [2.05, 4.69) is 70.1 Å². The molecule has 30 heavy (non-hydrogen) atoms. The number of carbonyl (C=O) groups is 2. The highest BCUT2D eigenvalue weighted by Crippen LogP contribution is 2.73. The molecular formula is C24H35NO5. The maximum absolute atomic E-state index is 9.55. The third-order valence-corrected chi connectivity index (χ3v) is 7.36. The molecule has 2 saturated carbocycles. The molecule has 0 saturated heterocycles. The number of rotatable bonds is 7. The first-order chi connectivity index (χ1) is 14.0. The average Bonchev–Trinajstić information content (AvgIpc) is 3.00. The van der Waals surface area contributed by atoms with E-state index in [1.807, 2.05) is 0 Å². The molecule has 0 aliphatic heterocycles. The molecule has 2 aliphatic rings. The van der Waals surface area contributed by atoms with Crippen molar-refractivity contribution in [2.24, 2.45) is 16.7 Å². The number of nitrogens with zero attached hydrogens (tertiary/aromatic N) is 1. The van der Waals surface area contributed by atoms with Gasteiger partial charge < -0.3 is 19.8 Å². The van der Waals surface area contributed by atoms with Gasteiger partial charge in [-0.25, -0.2) is 9.59 Å². The molecule has 0 spiro atoms. The molecule has 2 aliphatic carbocycles. The Morgan fingerprint density at radius 3 is 2.07 bits per heavy atom. The molecular weight excluding hydrogens is 382 g/mol. The van der Waals surface area contributed by atoms with Gasteiger partial charge in [0.15, 0.2) is 0 Å². The van der Waals surface area contributed by atoms with Crippen molar-refractivity contribution in [1.29, 1.82) is 0 Å². The van der Waals surface area contributed by atoms with Gasteiger partial charge >= 0.3 is 11.9 Å². The van der Waals surface area contributed by atoms with E-state index < -0.39 is 11.9 Å². The number of aliphatic carboxylic acids is 2. The first-order valence-electron chi connectivity index (χ1n) is 10.4. The van der Waals surface area contributed by atoms with Gasteiger partial charge in [-0.1, -0.05) is 51.1 Å². The summed E-state index contributed by atoms with van der Waals surface area (Å²) in [6, 6.07) is 11.0. The van der Waals surface area contributed by atoms with Crippen LogP contribution in [0.3, 0.4) is 0 Å². The summed E-state index contributed by atoms with van der Waals surface area (Å²) in [6.07, 6.45) is 4.93. The number of fused-ring (bicyclic) bond motifs is 2. The quantitative estimate of drug-likeness (QED) is 0.652. The molecule has 166 valence electrons. The fourth-order valence-electron chi connectivity index (χ4n) is 5.24. The number of hydrogen-bond donors (Lipinski definition) is 2. The molecule has 6 heteroatoms. The van der Waals surface area contributed by atoms with Gasteiger partial charge in [-0.15, -0.1) is 0 Å². The number of carboxylic acids is 2. The number of likely N-dealkylation sites (N-methyl/N-ethyl adjacent to an activating group) is 1. The van der Waals surface area contributed by atoms with Crippen LogP contribution in [0, 0.1) is 16.7 Å². The number of carboxylic acid groups (broad SMARTS) is 2. The molecule has 1 aromatic carbocycles. The van der Waals surface area contributed by atoms with Crippen LogP contribution in [0.4, 0.5) is 0 Å². The van der Waals surface area contributed by atoms with E-state index in [-0.39, 0.29) is 11.0 Å². The largest absolute Gasteiger partial charge is 0.478 e. The van der Waals surface area contributed by atoms with Crippen LogP contribution >= 0.6 is 0 Å². The third-order valence-electron chi connectivity index (χ3n) is 7.36. The van der Waals surface area contributed by atoms with E-state index in [1.165, 1.54) is 24.8 Å². The van der Waals surface area contributed by atoms with Crippen LogP contribution < -0.4 is 0 Å². The Bertz CT molecular complexity index is 757. The van der Waals surface area contributed by atoms with Crippen LogP contribution in [-0.4, -0.2) is 54.3 Å². The monoisotopic (exact) mass is 417 g/mol. The number of ether oxygens (including phenoxy) is 1. The smallest absolute Gasteiger partial charge is 0.328 e. The fourth-order valence-corrected chi connectivity index (χ4v) is 5.24. The zero-order valence-corrected chi connectivity index (χ0v) is 18.7. The molecule has 6 nitrogen and oxygen atoms in total. The van der Waals surface area contributed by atoms with Crippen molar-refractivity contribution in [3.8, 4) is 0 Å². The lowest BCUT2D eigenvalue weighted by Crippen LogP contribution is -2.47. The van der Waals surface area contributed by atoms with E-state index in [1.54, 1.807) is 0 Å². The molecule has 0 aromatic heterocycles. The van der Waals surface area contributed by atoms with Crippen LogP contribution in [0.1, 0.15) is 45.6 Å². The van der Waals surface area contributed by atoms with E-state index in [4.69, 9.17) is 14.9 Å². The van der Waals surface area contributed by atoms with Gasteiger partial charge in [-0.2, -0.15) is 0 Å². The Kier molecular flexibility index (Phi) is 7.48. The fraction of sp³-hybridized carbons (Fsp3) is 0.583. The van der Waals surface area contributed by atoms with Crippen LogP contribution in [0.25, 0.3) is 0 Å². The molecule has 0 amide bonds. The summed E-state index contributed by atoms with van der Waals surface area (Å²) in [6.45, 7) is 9.19. The Hall–Kier alpha value is -2.18. The summed E-state index contributed by atoms with van der Waals surface area (Å²) in [5.41, 5.74) is 1.84. The summed E-state index contributed by atoms with van der Waals surface area (Å²) in [5.74, 6) is -1.74. The molecule has 0 unspecified atom stereocenters. The topological polar surface area (TPSA) is 87.1 Å². The lowest BCUT2D eigenvalue weighted by Gasteiger charge is -2.49. The van der Waals surface area contributed by atoms with Crippen LogP contribution in [0.2, 0.25) is 0 Å². The van der Waals surface area contributed by atoms with E-state index in [0.29, 0.717) is 17.6 Å². The van der Waals surface area contributed by atoms with E-state index >= 15 is 0 Å². The molecule has 1 aromatic rings. The lowest BCUT2D eigenvalue weighted by molar-refractivity contribution is -0.148. The second-order valence-corrected chi connectivity index (χ2v) is 9.35. The van der Waals surface area contributed by atoms with Crippen molar-refractivity contribution in [3.63, 3.8) is 0 Å². The Morgan fingerprint density at radius 1 is 1.10 bits per heavy atom. The van der Waals surface area contributed by atoms with Crippen molar-refractivity contribution in [2.45, 2.75) is 45.6 Å². The minimum atomic E-state index is -1.26. The minimum absolute atomic E-state index is 0.114. The van der Waals surface area contributed by atoms with Crippen molar-refractivity contribution in [3.05, 3.63) is 48.0 Å². The van der Waals surface area contributed by atoms with Crippen molar-refractivity contribution in [2.75, 3.05) is 27.2 Å². The first kappa shape index (κ1) is 24.1. The Labute approximate surface area is 179 Å². The maximum Gasteiger partial charge on any atom is 0.328 e. The SMILES string of the molecule is CN(C)CCO[C@]1(c2ccccc2)C[C@H]2CC[C@]1(C)C2(C)C.O=C(O)C=CC(=O)O. The van der Waals surface area contributed by atoms with Crippen LogP contribution in [0.15, 0.2) is 42.5 Å². The molecule has 2 N–H and O–H groups in total. The Balaban J connectivity index is 0.000000343. The van der Waals surface area contributed by atoms with Crippen molar-refractivity contribution < 1.29 is 24.5 Å². The van der Waals surface area contributed by atoms with Gasteiger partial charge in [0.2, 0.25) is 0 Å². The normalized spacial score (nSPS) is 29.1.